The lowest BCUT2D eigenvalue weighted by atomic mass is 10.2. The summed E-state index contributed by atoms with van der Waals surface area (Å²) in [5.74, 6) is -0.274. The van der Waals surface area contributed by atoms with Crippen LogP contribution in [-0.2, 0) is 0 Å². The van der Waals surface area contributed by atoms with Crippen LogP contribution in [0.5, 0.6) is 0 Å². The van der Waals surface area contributed by atoms with Gasteiger partial charge in [-0.1, -0.05) is 23.2 Å². The molecule has 0 atom stereocenters. The van der Waals surface area contributed by atoms with E-state index in [1.54, 1.807) is 7.05 Å². The summed E-state index contributed by atoms with van der Waals surface area (Å²) in [5.41, 5.74) is 0.284. The van der Waals surface area contributed by atoms with Gasteiger partial charge in [0.1, 0.15) is 10.3 Å². The normalized spacial score (nSPS) is 9.62. The number of pyridine rings is 1. The fourth-order valence-corrected chi connectivity index (χ4v) is 1.52. The molecule has 0 bridgehead atoms. The molecule has 84 valence electrons. The van der Waals surface area contributed by atoms with Crippen LogP contribution >= 0.6 is 23.2 Å². The molecule has 0 aliphatic rings. The highest BCUT2D eigenvalue weighted by atomic mass is 35.5. The first-order chi connectivity index (χ1) is 7.56. The molecule has 4 nitrogen and oxygen atoms in total. The Labute approximate surface area is 103 Å². The van der Waals surface area contributed by atoms with E-state index >= 15 is 0 Å². The van der Waals surface area contributed by atoms with Gasteiger partial charge in [-0.25, -0.2) is 4.98 Å². The fourth-order valence-electron chi connectivity index (χ4n) is 1.10. The number of hydrogen-bond donors (Lipinski definition) is 0. The van der Waals surface area contributed by atoms with Gasteiger partial charge >= 0.3 is 0 Å². The third-order valence-corrected chi connectivity index (χ3v) is 2.45. The molecule has 16 heavy (non-hydrogen) atoms. The molecule has 6 heteroatoms. The number of carbonyl (C=O) groups excluding carboxylic acids is 1. The molecule has 1 rings (SSSR count). The minimum atomic E-state index is -0.274. The average molecular weight is 258 g/mol. The number of aromatic nitrogens is 1. The number of rotatable bonds is 3. The van der Waals surface area contributed by atoms with E-state index in [-0.39, 0.29) is 28.2 Å². The molecular formula is C10H9Cl2N3O. The molecule has 0 aromatic carbocycles. The second-order valence-electron chi connectivity index (χ2n) is 3.11. The zero-order valence-electron chi connectivity index (χ0n) is 8.57. The van der Waals surface area contributed by atoms with Gasteiger partial charge in [0.2, 0.25) is 0 Å². The van der Waals surface area contributed by atoms with Gasteiger partial charge in [-0.2, -0.15) is 5.26 Å². The first kappa shape index (κ1) is 12.8. The maximum atomic E-state index is 11.8. The van der Waals surface area contributed by atoms with E-state index in [2.05, 4.69) is 4.98 Å². The molecule has 0 saturated heterocycles. The van der Waals surface area contributed by atoms with Gasteiger partial charge in [0.15, 0.2) is 0 Å². The van der Waals surface area contributed by atoms with Crippen molar-refractivity contribution < 1.29 is 4.79 Å². The van der Waals surface area contributed by atoms with Crippen LogP contribution in [0.4, 0.5) is 0 Å². The van der Waals surface area contributed by atoms with Crippen LogP contribution in [0.3, 0.4) is 0 Å². The van der Waals surface area contributed by atoms with Gasteiger partial charge in [-0.15, -0.1) is 0 Å². The van der Waals surface area contributed by atoms with Crippen molar-refractivity contribution in [3.05, 3.63) is 28.0 Å². The molecule has 0 N–H and O–H groups in total. The minimum Gasteiger partial charge on any atom is -0.341 e. The van der Waals surface area contributed by atoms with Crippen molar-refractivity contribution in [2.24, 2.45) is 0 Å². The lowest BCUT2D eigenvalue weighted by Crippen LogP contribution is -2.27. The third kappa shape index (κ3) is 3.09. The van der Waals surface area contributed by atoms with Crippen LogP contribution in [-0.4, -0.2) is 29.4 Å². The van der Waals surface area contributed by atoms with Crippen LogP contribution in [0, 0.1) is 11.3 Å². The summed E-state index contributed by atoms with van der Waals surface area (Å²) in [7, 11) is 1.60. The van der Waals surface area contributed by atoms with Gasteiger partial charge in [-0.3, -0.25) is 4.79 Å². The quantitative estimate of drug-likeness (QED) is 0.782. The van der Waals surface area contributed by atoms with E-state index < -0.39 is 0 Å². The van der Waals surface area contributed by atoms with Gasteiger partial charge in [-0.05, 0) is 12.1 Å². The first-order valence-corrected chi connectivity index (χ1v) is 5.26. The lowest BCUT2D eigenvalue weighted by molar-refractivity contribution is 0.0798. The third-order valence-electron chi connectivity index (χ3n) is 1.95. The number of amides is 1. The van der Waals surface area contributed by atoms with Crippen LogP contribution in [0.25, 0.3) is 0 Å². The monoisotopic (exact) mass is 257 g/mol. The zero-order chi connectivity index (χ0) is 12.1. The minimum absolute atomic E-state index is 0.0707. The average Bonchev–Trinajstić information content (AvgIpc) is 2.25. The Bertz CT molecular complexity index is 442. The number of hydrogen-bond acceptors (Lipinski definition) is 3. The van der Waals surface area contributed by atoms with E-state index in [4.69, 9.17) is 28.5 Å². The molecule has 0 radical (unpaired) electrons. The molecule has 0 unspecified atom stereocenters. The predicted octanol–water partition coefficient (Wildman–Crippen LogP) is 2.37. The van der Waals surface area contributed by atoms with Crippen molar-refractivity contribution in [1.82, 2.24) is 9.88 Å². The number of halogens is 2. The van der Waals surface area contributed by atoms with Crippen molar-refractivity contribution in [3.8, 4) is 6.07 Å². The van der Waals surface area contributed by atoms with E-state index in [0.717, 1.165) is 0 Å². The molecule has 0 saturated carbocycles. The van der Waals surface area contributed by atoms with E-state index in [0.29, 0.717) is 6.54 Å². The molecule has 1 amide bonds. The van der Waals surface area contributed by atoms with Crippen molar-refractivity contribution in [2.75, 3.05) is 13.6 Å². The summed E-state index contributed by atoms with van der Waals surface area (Å²) >= 11 is 11.4. The zero-order valence-corrected chi connectivity index (χ0v) is 10.1. The van der Waals surface area contributed by atoms with Crippen LogP contribution in [0.2, 0.25) is 10.3 Å². The summed E-state index contributed by atoms with van der Waals surface area (Å²) in [6.45, 7) is 0.355. The van der Waals surface area contributed by atoms with E-state index in [1.807, 2.05) is 6.07 Å². The lowest BCUT2D eigenvalue weighted by Gasteiger charge is -2.15. The predicted molar refractivity (Wildman–Crippen MR) is 61.4 cm³/mol. The maximum Gasteiger partial charge on any atom is 0.256 e. The molecule has 0 aliphatic heterocycles. The van der Waals surface area contributed by atoms with Crippen molar-refractivity contribution in [1.29, 1.82) is 5.26 Å². The van der Waals surface area contributed by atoms with Gasteiger partial charge in [0.05, 0.1) is 18.1 Å². The van der Waals surface area contributed by atoms with E-state index in [9.17, 15) is 4.79 Å². The molecule has 0 spiro atoms. The fraction of sp³-hybridized carbons (Fsp3) is 0.300. The Kier molecular flexibility index (Phi) is 4.53. The second kappa shape index (κ2) is 5.69. The maximum absolute atomic E-state index is 11.8. The van der Waals surface area contributed by atoms with Crippen molar-refractivity contribution >= 4 is 29.1 Å². The van der Waals surface area contributed by atoms with Crippen LogP contribution in [0.15, 0.2) is 12.1 Å². The topological polar surface area (TPSA) is 57.0 Å². The molecule has 1 aromatic heterocycles. The Morgan fingerprint density at radius 1 is 1.56 bits per heavy atom. The summed E-state index contributed by atoms with van der Waals surface area (Å²) in [6, 6.07) is 4.98. The Morgan fingerprint density at radius 2 is 2.25 bits per heavy atom. The first-order valence-electron chi connectivity index (χ1n) is 4.50. The summed E-state index contributed by atoms with van der Waals surface area (Å²) in [4.78, 5) is 17.0. The second-order valence-corrected chi connectivity index (χ2v) is 3.85. The molecule has 0 aliphatic carbocycles. The summed E-state index contributed by atoms with van der Waals surface area (Å²) in [6.07, 6.45) is 0.279. The van der Waals surface area contributed by atoms with Crippen LogP contribution in [0.1, 0.15) is 16.8 Å². The molecule has 0 fully saturated rings. The van der Waals surface area contributed by atoms with Crippen molar-refractivity contribution in [2.45, 2.75) is 6.42 Å². The highest BCUT2D eigenvalue weighted by Gasteiger charge is 2.15. The number of carbonyl (C=O) groups is 1. The van der Waals surface area contributed by atoms with Gasteiger partial charge in [0.25, 0.3) is 5.91 Å². The van der Waals surface area contributed by atoms with Crippen LogP contribution < -0.4 is 0 Å². The summed E-state index contributed by atoms with van der Waals surface area (Å²) < 4.78 is 0. The molecule has 1 heterocycles. The molecule has 1 aromatic rings. The number of nitrogens with zero attached hydrogens (tertiary/aromatic N) is 3. The standard InChI is InChI=1S/C10H9Cl2N3O/c1-15(6-2-5-13)10(16)7-3-4-8(11)14-9(7)12/h3-4H,2,6H2,1H3. The summed E-state index contributed by atoms with van der Waals surface area (Å²) in [5, 5.41) is 8.72. The Balaban J connectivity index is 2.84. The highest BCUT2D eigenvalue weighted by Crippen LogP contribution is 2.17. The highest BCUT2D eigenvalue weighted by molar-refractivity contribution is 6.34. The Morgan fingerprint density at radius 3 is 2.81 bits per heavy atom. The Hall–Kier alpha value is -1.31. The van der Waals surface area contributed by atoms with Gasteiger partial charge in [0, 0.05) is 13.6 Å². The van der Waals surface area contributed by atoms with Crippen molar-refractivity contribution in [3.63, 3.8) is 0 Å². The SMILES string of the molecule is CN(CCC#N)C(=O)c1ccc(Cl)nc1Cl. The van der Waals surface area contributed by atoms with Gasteiger partial charge < -0.3 is 4.90 Å². The smallest absolute Gasteiger partial charge is 0.256 e. The van der Waals surface area contributed by atoms with E-state index in [1.165, 1.54) is 17.0 Å². The largest absolute Gasteiger partial charge is 0.341 e. The number of nitriles is 1. The molecular weight excluding hydrogens is 249 g/mol.